The zero-order valence-corrected chi connectivity index (χ0v) is 24.2. The molecule has 2 aromatic heterocycles. The number of fused-ring (bicyclic) bond motifs is 1. The minimum Gasteiger partial charge on any atom is -0.480 e. The van der Waals surface area contributed by atoms with Gasteiger partial charge in [-0.05, 0) is 61.2 Å². The van der Waals surface area contributed by atoms with Crippen LogP contribution in [0, 0.1) is 19.8 Å². The summed E-state index contributed by atoms with van der Waals surface area (Å²) in [4.78, 5) is 24.6. The third-order valence-electron chi connectivity index (χ3n) is 6.91. The van der Waals surface area contributed by atoms with Crippen molar-refractivity contribution in [3.63, 3.8) is 0 Å². The van der Waals surface area contributed by atoms with E-state index in [1.165, 1.54) is 12.1 Å². The molecule has 0 bridgehead atoms. The first-order chi connectivity index (χ1) is 19.9. The van der Waals surface area contributed by atoms with Crippen molar-refractivity contribution in [2.45, 2.75) is 38.6 Å². The molecular weight excluding hydrogens is 558 g/mol. The predicted molar refractivity (Wildman–Crippen MR) is 158 cm³/mol. The topological polar surface area (TPSA) is 152 Å². The van der Waals surface area contributed by atoms with Gasteiger partial charge in [0.2, 0.25) is 10.0 Å². The van der Waals surface area contributed by atoms with E-state index in [0.29, 0.717) is 22.6 Å². The van der Waals surface area contributed by atoms with Gasteiger partial charge in [0.25, 0.3) is 5.91 Å². The normalized spacial score (nSPS) is 12.5. The van der Waals surface area contributed by atoms with E-state index in [2.05, 4.69) is 15.2 Å². The van der Waals surface area contributed by atoms with E-state index in [4.69, 9.17) is 8.94 Å². The van der Waals surface area contributed by atoms with E-state index in [1.807, 2.05) is 32.0 Å². The number of hydrogen-bond acceptors (Lipinski definition) is 7. The van der Waals surface area contributed by atoms with Crippen LogP contribution in [0.5, 0.6) is 0 Å². The van der Waals surface area contributed by atoms with E-state index in [1.54, 1.807) is 56.3 Å². The van der Waals surface area contributed by atoms with Gasteiger partial charge >= 0.3 is 5.97 Å². The molecule has 0 saturated heterocycles. The number of sulfonamides is 1. The molecule has 0 fully saturated rings. The van der Waals surface area contributed by atoms with E-state index in [9.17, 15) is 23.1 Å². The standard InChI is InChI=1S/C31H29N3O7S/c1-17(2)28(31(36)37)34-42(38,39)23-14-10-21(11-15-23)20-8-12-22(13-9-20)32-30(35)29-19(4)27-24(6-5-7-25(27)40-29)26-16-18(3)33-41-26/h5-17,28,34H,1-4H3,(H,32,35)(H,36,37)/t28-/m0/s1. The Morgan fingerprint density at radius 3 is 2.14 bits per heavy atom. The fourth-order valence-electron chi connectivity index (χ4n) is 4.68. The second-order valence-corrected chi connectivity index (χ2v) is 12.0. The summed E-state index contributed by atoms with van der Waals surface area (Å²) in [5.41, 5.74) is 4.86. The van der Waals surface area contributed by atoms with Crippen molar-refractivity contribution in [3.8, 4) is 22.5 Å². The van der Waals surface area contributed by atoms with Crippen LogP contribution in [-0.2, 0) is 14.8 Å². The van der Waals surface area contributed by atoms with Crippen LogP contribution in [0.25, 0.3) is 33.4 Å². The monoisotopic (exact) mass is 587 g/mol. The Labute approximate surface area is 242 Å². The number of rotatable bonds is 9. The van der Waals surface area contributed by atoms with Gasteiger partial charge in [0.1, 0.15) is 11.6 Å². The summed E-state index contributed by atoms with van der Waals surface area (Å²) >= 11 is 0. The number of anilines is 1. The molecule has 0 spiro atoms. The van der Waals surface area contributed by atoms with Crippen molar-refractivity contribution in [1.29, 1.82) is 0 Å². The highest BCUT2D eigenvalue weighted by atomic mass is 32.2. The fraction of sp³-hybridized carbons (Fsp3) is 0.194. The average Bonchev–Trinajstić information content (AvgIpc) is 3.55. The van der Waals surface area contributed by atoms with Crippen LogP contribution in [-0.4, -0.2) is 36.6 Å². The Morgan fingerprint density at radius 2 is 1.57 bits per heavy atom. The van der Waals surface area contributed by atoms with Gasteiger partial charge in [0.15, 0.2) is 11.5 Å². The molecule has 5 aromatic rings. The highest BCUT2D eigenvalue weighted by molar-refractivity contribution is 7.89. The zero-order valence-electron chi connectivity index (χ0n) is 23.3. The third-order valence-corrected chi connectivity index (χ3v) is 8.37. The van der Waals surface area contributed by atoms with Crippen molar-refractivity contribution in [2.75, 3.05) is 5.32 Å². The molecule has 11 heteroatoms. The average molecular weight is 588 g/mol. The lowest BCUT2D eigenvalue weighted by Gasteiger charge is -2.18. The van der Waals surface area contributed by atoms with Gasteiger partial charge in [-0.1, -0.05) is 55.4 Å². The van der Waals surface area contributed by atoms with Crippen LogP contribution in [0.2, 0.25) is 0 Å². The van der Waals surface area contributed by atoms with Gasteiger partial charge in [-0.2, -0.15) is 4.72 Å². The highest BCUT2D eigenvalue weighted by Gasteiger charge is 2.28. The number of furan rings is 1. The molecule has 0 saturated carbocycles. The summed E-state index contributed by atoms with van der Waals surface area (Å²) in [5.74, 6) is -1.29. The lowest BCUT2D eigenvalue weighted by molar-refractivity contribution is -0.140. The van der Waals surface area contributed by atoms with Gasteiger partial charge in [-0.25, -0.2) is 8.42 Å². The maximum Gasteiger partial charge on any atom is 0.322 e. The van der Waals surface area contributed by atoms with Crippen molar-refractivity contribution in [2.24, 2.45) is 5.92 Å². The molecule has 0 radical (unpaired) electrons. The molecule has 10 nitrogen and oxygen atoms in total. The Balaban J connectivity index is 1.32. The van der Waals surface area contributed by atoms with Crippen LogP contribution in [0.3, 0.4) is 0 Å². The SMILES string of the molecule is Cc1cc(-c2cccc3oc(C(=O)Nc4ccc(-c5ccc(S(=O)(=O)N[C@H](C(=O)O)C(C)C)cc5)cc4)c(C)c23)on1. The number of aromatic nitrogens is 1. The number of carboxylic acid groups (broad SMARTS) is 1. The lowest BCUT2D eigenvalue weighted by atomic mass is 10.0. The molecule has 42 heavy (non-hydrogen) atoms. The molecule has 0 aliphatic carbocycles. The highest BCUT2D eigenvalue weighted by Crippen LogP contribution is 2.35. The van der Waals surface area contributed by atoms with Crippen LogP contribution < -0.4 is 10.0 Å². The zero-order chi connectivity index (χ0) is 30.2. The van der Waals surface area contributed by atoms with Gasteiger partial charge < -0.3 is 19.4 Å². The molecule has 216 valence electrons. The number of hydrogen-bond donors (Lipinski definition) is 3. The first kappa shape index (κ1) is 28.8. The number of carbonyl (C=O) groups is 2. The third kappa shape index (κ3) is 5.69. The van der Waals surface area contributed by atoms with Crippen molar-refractivity contribution in [3.05, 3.63) is 89.8 Å². The summed E-state index contributed by atoms with van der Waals surface area (Å²) in [6.45, 7) is 6.92. The number of benzene rings is 3. The predicted octanol–water partition coefficient (Wildman–Crippen LogP) is 6.01. The summed E-state index contributed by atoms with van der Waals surface area (Å²) in [6, 6.07) is 19.3. The van der Waals surface area contributed by atoms with Gasteiger partial charge in [-0.15, -0.1) is 0 Å². The van der Waals surface area contributed by atoms with Gasteiger partial charge in [-0.3, -0.25) is 9.59 Å². The molecule has 3 N–H and O–H groups in total. The van der Waals surface area contributed by atoms with Crippen LogP contribution in [0.1, 0.15) is 35.7 Å². The number of nitrogens with one attached hydrogen (secondary N) is 2. The Bertz CT molecular complexity index is 1890. The fourth-order valence-corrected chi connectivity index (χ4v) is 6.02. The van der Waals surface area contributed by atoms with E-state index < -0.39 is 33.9 Å². The smallest absolute Gasteiger partial charge is 0.322 e. The summed E-state index contributed by atoms with van der Waals surface area (Å²) in [6.07, 6.45) is 0. The summed E-state index contributed by atoms with van der Waals surface area (Å²) < 4.78 is 39.0. The molecule has 1 atom stereocenters. The molecular formula is C31H29N3O7S. The molecule has 1 amide bonds. The molecule has 5 rings (SSSR count). The first-order valence-corrected chi connectivity index (χ1v) is 14.7. The molecule has 0 unspecified atom stereocenters. The van der Waals surface area contributed by atoms with Crippen molar-refractivity contribution < 1.29 is 32.1 Å². The lowest BCUT2D eigenvalue weighted by Crippen LogP contribution is -2.44. The Morgan fingerprint density at radius 1 is 0.929 bits per heavy atom. The van der Waals surface area contributed by atoms with E-state index in [-0.39, 0.29) is 10.7 Å². The number of nitrogens with zero attached hydrogens (tertiary/aromatic N) is 1. The first-order valence-electron chi connectivity index (χ1n) is 13.2. The minimum atomic E-state index is -4.02. The molecule has 2 heterocycles. The molecule has 3 aromatic carbocycles. The largest absolute Gasteiger partial charge is 0.480 e. The summed E-state index contributed by atoms with van der Waals surface area (Å²) in [5, 5.41) is 16.9. The number of aliphatic carboxylic acids is 1. The van der Waals surface area contributed by atoms with E-state index in [0.717, 1.165) is 27.8 Å². The van der Waals surface area contributed by atoms with Gasteiger partial charge in [0.05, 0.1) is 10.6 Å². The number of carbonyl (C=O) groups excluding carboxylic acids is 1. The van der Waals surface area contributed by atoms with Crippen molar-refractivity contribution in [1.82, 2.24) is 9.88 Å². The molecule has 0 aliphatic heterocycles. The van der Waals surface area contributed by atoms with Crippen molar-refractivity contribution >= 4 is 38.6 Å². The van der Waals surface area contributed by atoms with Crippen LogP contribution in [0.4, 0.5) is 5.69 Å². The Hall–Kier alpha value is -4.74. The second-order valence-electron chi connectivity index (χ2n) is 10.3. The number of amides is 1. The minimum absolute atomic E-state index is 0.0372. The summed E-state index contributed by atoms with van der Waals surface area (Å²) in [7, 11) is -4.02. The van der Waals surface area contributed by atoms with E-state index >= 15 is 0 Å². The second kappa shape index (κ2) is 11.3. The van der Waals surface area contributed by atoms with Crippen LogP contribution in [0.15, 0.2) is 86.6 Å². The maximum atomic E-state index is 13.2. The Kier molecular flexibility index (Phi) is 7.72. The van der Waals surface area contributed by atoms with Crippen LogP contribution >= 0.6 is 0 Å². The molecule has 0 aliphatic rings. The maximum absolute atomic E-state index is 13.2. The van der Waals surface area contributed by atoms with Gasteiger partial charge in [0, 0.05) is 28.3 Å². The number of aryl methyl sites for hydroxylation is 2. The number of carboxylic acids is 1. The quantitative estimate of drug-likeness (QED) is 0.190.